The summed E-state index contributed by atoms with van der Waals surface area (Å²) >= 11 is 0. The molecule has 1 saturated heterocycles. The molecule has 1 aliphatic carbocycles. The van der Waals surface area contributed by atoms with Crippen LogP contribution in [0.5, 0.6) is 0 Å². The first-order valence-electron chi connectivity index (χ1n) is 7.93. The van der Waals surface area contributed by atoms with Gasteiger partial charge in [-0.15, -0.1) is 0 Å². The second-order valence-electron chi connectivity index (χ2n) is 6.16. The molecule has 0 unspecified atom stereocenters. The van der Waals surface area contributed by atoms with Gasteiger partial charge >= 0.3 is 0 Å². The Labute approximate surface area is 123 Å². The number of piperazine rings is 1. The Morgan fingerprint density at radius 1 is 1.05 bits per heavy atom. The standard InChI is InChI=1S/C14H29N3O2S/c1-3-8-15-13-4-6-14(7-5-13)16-9-11-17(12-10-16)20(2,18)19/h13-15H,3-12H2,1-2H3. The molecule has 1 aliphatic heterocycles. The molecule has 118 valence electrons. The average molecular weight is 303 g/mol. The molecule has 5 nitrogen and oxygen atoms in total. The van der Waals surface area contributed by atoms with Crippen LogP contribution in [-0.4, -0.2) is 68.7 Å². The minimum Gasteiger partial charge on any atom is -0.314 e. The molecule has 20 heavy (non-hydrogen) atoms. The zero-order valence-corrected chi connectivity index (χ0v) is 13.7. The van der Waals surface area contributed by atoms with E-state index in [1.54, 1.807) is 4.31 Å². The van der Waals surface area contributed by atoms with Crippen molar-refractivity contribution in [3.63, 3.8) is 0 Å². The molecule has 0 aromatic heterocycles. The molecule has 6 heteroatoms. The fourth-order valence-electron chi connectivity index (χ4n) is 3.39. The van der Waals surface area contributed by atoms with Crippen molar-refractivity contribution in [3.05, 3.63) is 0 Å². The van der Waals surface area contributed by atoms with Gasteiger partial charge in [0.25, 0.3) is 0 Å². The smallest absolute Gasteiger partial charge is 0.211 e. The van der Waals surface area contributed by atoms with Crippen LogP contribution in [0, 0.1) is 0 Å². The molecular formula is C14H29N3O2S. The summed E-state index contributed by atoms with van der Waals surface area (Å²) in [5, 5.41) is 3.62. The predicted octanol–water partition coefficient (Wildman–Crippen LogP) is 0.874. The van der Waals surface area contributed by atoms with Gasteiger partial charge in [0.1, 0.15) is 0 Å². The molecule has 1 N–H and O–H groups in total. The summed E-state index contributed by atoms with van der Waals surface area (Å²) in [5.74, 6) is 0. The van der Waals surface area contributed by atoms with E-state index in [1.165, 1.54) is 38.4 Å². The summed E-state index contributed by atoms with van der Waals surface area (Å²) in [5.41, 5.74) is 0. The van der Waals surface area contributed by atoms with E-state index < -0.39 is 10.0 Å². The van der Waals surface area contributed by atoms with Gasteiger partial charge in [0.05, 0.1) is 6.26 Å². The molecule has 1 saturated carbocycles. The van der Waals surface area contributed by atoms with E-state index in [4.69, 9.17) is 0 Å². The summed E-state index contributed by atoms with van der Waals surface area (Å²) in [4.78, 5) is 2.50. The first-order valence-corrected chi connectivity index (χ1v) is 9.78. The van der Waals surface area contributed by atoms with Crippen LogP contribution in [0.2, 0.25) is 0 Å². The van der Waals surface area contributed by atoms with Crippen LogP contribution >= 0.6 is 0 Å². The van der Waals surface area contributed by atoms with E-state index in [-0.39, 0.29) is 0 Å². The van der Waals surface area contributed by atoms with Gasteiger partial charge in [-0.25, -0.2) is 8.42 Å². The van der Waals surface area contributed by atoms with E-state index in [2.05, 4.69) is 17.1 Å². The lowest BCUT2D eigenvalue weighted by Crippen LogP contribution is -2.53. The third-order valence-electron chi connectivity index (χ3n) is 4.64. The molecule has 0 aromatic rings. The number of nitrogens with zero attached hydrogens (tertiary/aromatic N) is 2. The van der Waals surface area contributed by atoms with Crippen molar-refractivity contribution in [1.82, 2.24) is 14.5 Å². The molecular weight excluding hydrogens is 274 g/mol. The summed E-state index contributed by atoms with van der Waals surface area (Å²) in [6.45, 7) is 6.44. The number of nitrogens with one attached hydrogen (secondary N) is 1. The SMILES string of the molecule is CCCNC1CCC(N2CCN(S(C)(=O)=O)CC2)CC1. The summed E-state index contributed by atoms with van der Waals surface area (Å²) in [7, 11) is -3.00. The molecule has 0 aromatic carbocycles. The Hall–Kier alpha value is -0.170. The first-order chi connectivity index (χ1) is 9.50. The van der Waals surface area contributed by atoms with Crippen LogP contribution in [0.4, 0.5) is 0 Å². The lowest BCUT2D eigenvalue weighted by molar-refractivity contribution is 0.104. The monoisotopic (exact) mass is 303 g/mol. The highest BCUT2D eigenvalue weighted by atomic mass is 32.2. The lowest BCUT2D eigenvalue weighted by atomic mass is 9.90. The van der Waals surface area contributed by atoms with Crippen molar-refractivity contribution in [2.75, 3.05) is 39.0 Å². The molecule has 0 spiro atoms. The van der Waals surface area contributed by atoms with Gasteiger partial charge in [-0.3, -0.25) is 4.90 Å². The third kappa shape index (κ3) is 4.41. The maximum atomic E-state index is 11.5. The van der Waals surface area contributed by atoms with E-state index in [0.29, 0.717) is 25.2 Å². The Kier molecular flexibility index (Phi) is 5.84. The van der Waals surface area contributed by atoms with Gasteiger partial charge in [0.15, 0.2) is 0 Å². The van der Waals surface area contributed by atoms with Crippen molar-refractivity contribution < 1.29 is 8.42 Å². The second-order valence-corrected chi connectivity index (χ2v) is 8.14. The second kappa shape index (κ2) is 7.20. The van der Waals surface area contributed by atoms with Crippen molar-refractivity contribution in [2.45, 2.75) is 51.1 Å². The topological polar surface area (TPSA) is 52.6 Å². The first kappa shape index (κ1) is 16.2. The van der Waals surface area contributed by atoms with Gasteiger partial charge in [-0.2, -0.15) is 4.31 Å². The van der Waals surface area contributed by atoms with Gasteiger partial charge < -0.3 is 5.32 Å². The predicted molar refractivity (Wildman–Crippen MR) is 82.3 cm³/mol. The summed E-state index contributed by atoms with van der Waals surface area (Å²) in [6.07, 6.45) is 7.54. The largest absolute Gasteiger partial charge is 0.314 e. The van der Waals surface area contributed by atoms with Crippen molar-refractivity contribution in [2.24, 2.45) is 0 Å². The van der Waals surface area contributed by atoms with E-state index in [9.17, 15) is 8.42 Å². The summed E-state index contributed by atoms with van der Waals surface area (Å²) < 4.78 is 24.6. The number of sulfonamides is 1. The maximum absolute atomic E-state index is 11.5. The van der Waals surface area contributed by atoms with Crippen LogP contribution < -0.4 is 5.32 Å². The number of rotatable bonds is 5. The van der Waals surface area contributed by atoms with Crippen LogP contribution in [0.1, 0.15) is 39.0 Å². The molecule has 0 atom stereocenters. The van der Waals surface area contributed by atoms with Crippen molar-refractivity contribution >= 4 is 10.0 Å². The Morgan fingerprint density at radius 2 is 1.65 bits per heavy atom. The van der Waals surface area contributed by atoms with Gasteiger partial charge in [0, 0.05) is 38.3 Å². The van der Waals surface area contributed by atoms with Crippen LogP contribution in [-0.2, 0) is 10.0 Å². The highest BCUT2D eigenvalue weighted by molar-refractivity contribution is 7.88. The van der Waals surface area contributed by atoms with E-state index >= 15 is 0 Å². The fraction of sp³-hybridized carbons (Fsp3) is 1.00. The van der Waals surface area contributed by atoms with Gasteiger partial charge in [0.2, 0.25) is 10.0 Å². The maximum Gasteiger partial charge on any atom is 0.211 e. The Bertz CT molecular complexity index is 383. The van der Waals surface area contributed by atoms with Crippen LogP contribution in [0.15, 0.2) is 0 Å². The van der Waals surface area contributed by atoms with Gasteiger partial charge in [-0.1, -0.05) is 6.92 Å². The zero-order chi connectivity index (χ0) is 14.6. The van der Waals surface area contributed by atoms with Crippen LogP contribution in [0.25, 0.3) is 0 Å². The number of hydrogen-bond donors (Lipinski definition) is 1. The van der Waals surface area contributed by atoms with Crippen molar-refractivity contribution in [1.29, 1.82) is 0 Å². The van der Waals surface area contributed by atoms with E-state index in [1.807, 2.05) is 0 Å². The van der Waals surface area contributed by atoms with Crippen molar-refractivity contribution in [3.8, 4) is 0 Å². The van der Waals surface area contributed by atoms with Gasteiger partial charge in [-0.05, 0) is 38.6 Å². The molecule has 2 fully saturated rings. The summed E-state index contributed by atoms with van der Waals surface area (Å²) in [6, 6.07) is 1.36. The molecule has 1 heterocycles. The molecule has 0 amide bonds. The minimum atomic E-state index is -3.00. The quantitative estimate of drug-likeness (QED) is 0.819. The third-order valence-corrected chi connectivity index (χ3v) is 5.94. The lowest BCUT2D eigenvalue weighted by Gasteiger charge is -2.41. The van der Waals surface area contributed by atoms with E-state index in [0.717, 1.165) is 19.6 Å². The normalized spacial score (nSPS) is 30.5. The molecule has 0 radical (unpaired) electrons. The zero-order valence-electron chi connectivity index (χ0n) is 12.8. The Balaban J connectivity index is 1.73. The highest BCUT2D eigenvalue weighted by Crippen LogP contribution is 2.24. The highest BCUT2D eigenvalue weighted by Gasteiger charge is 2.30. The molecule has 2 rings (SSSR count). The number of hydrogen-bond acceptors (Lipinski definition) is 4. The minimum absolute atomic E-state index is 0.660. The molecule has 2 aliphatic rings. The fourth-order valence-corrected chi connectivity index (χ4v) is 4.22. The van der Waals surface area contributed by atoms with Crippen LogP contribution in [0.3, 0.4) is 0 Å². The average Bonchev–Trinajstić information content (AvgIpc) is 2.45. The Morgan fingerprint density at radius 3 is 2.15 bits per heavy atom. The molecule has 0 bridgehead atoms.